The Morgan fingerprint density at radius 2 is 1.64 bits per heavy atom. The van der Waals surface area contributed by atoms with Gasteiger partial charge in [0.15, 0.2) is 0 Å². The summed E-state index contributed by atoms with van der Waals surface area (Å²) in [5, 5.41) is 0. The summed E-state index contributed by atoms with van der Waals surface area (Å²) >= 11 is 0. The molecule has 0 aliphatic carbocycles. The Morgan fingerprint density at radius 1 is 0.920 bits per heavy atom. The van der Waals surface area contributed by atoms with Crippen LogP contribution in [0.25, 0.3) is 0 Å². The Hall–Kier alpha value is -3.41. The van der Waals surface area contributed by atoms with Crippen molar-refractivity contribution in [3.63, 3.8) is 0 Å². The Balaban J connectivity index is 1.79. The number of pyridine rings is 1. The van der Waals surface area contributed by atoms with E-state index in [0.717, 1.165) is 5.56 Å². The summed E-state index contributed by atoms with van der Waals surface area (Å²) in [6, 6.07) is 19.5. The molecule has 0 fully saturated rings. The van der Waals surface area contributed by atoms with Crippen molar-refractivity contribution in [2.45, 2.75) is 6.54 Å². The average molecular weight is 337 g/mol. The van der Waals surface area contributed by atoms with Gasteiger partial charge in [-0.15, -0.1) is 0 Å². The molecule has 3 aromatic rings. The lowest BCUT2D eigenvalue weighted by atomic mass is 10.2. The normalized spacial score (nSPS) is 10.3. The molecule has 1 aromatic heterocycles. The van der Waals surface area contributed by atoms with Gasteiger partial charge in [-0.2, -0.15) is 0 Å². The van der Waals surface area contributed by atoms with Crippen LogP contribution < -0.4 is 16.4 Å². The van der Waals surface area contributed by atoms with Crippen LogP contribution in [0.1, 0.15) is 16.1 Å². The van der Waals surface area contributed by atoms with Gasteiger partial charge in [0, 0.05) is 6.07 Å². The van der Waals surface area contributed by atoms with E-state index in [1.54, 1.807) is 6.07 Å². The maximum absolute atomic E-state index is 12.9. The van der Waals surface area contributed by atoms with Gasteiger partial charge in [-0.25, -0.2) is 4.39 Å². The predicted molar refractivity (Wildman–Crippen MR) is 93.7 cm³/mol. The zero-order valence-electron chi connectivity index (χ0n) is 13.3. The smallest absolute Gasteiger partial charge is 0.286 e. The van der Waals surface area contributed by atoms with E-state index in [1.807, 2.05) is 30.3 Å². The van der Waals surface area contributed by atoms with Crippen LogP contribution in [0, 0.1) is 5.82 Å². The highest BCUT2D eigenvalue weighted by Crippen LogP contribution is 2.08. The highest BCUT2D eigenvalue weighted by atomic mass is 19.1. The molecule has 0 bridgehead atoms. The van der Waals surface area contributed by atoms with Crippen LogP contribution in [-0.4, -0.2) is 10.5 Å². The van der Waals surface area contributed by atoms with Crippen LogP contribution in [0.15, 0.2) is 77.6 Å². The second-order valence-electron chi connectivity index (χ2n) is 5.41. The number of benzene rings is 2. The van der Waals surface area contributed by atoms with Crippen LogP contribution in [0.5, 0.6) is 0 Å². The third kappa shape index (κ3) is 4.11. The molecular formula is C19H16FN3O2. The van der Waals surface area contributed by atoms with E-state index in [9.17, 15) is 14.0 Å². The first-order chi connectivity index (χ1) is 12.1. The largest absolute Gasteiger partial charge is 0.299 e. The molecular weight excluding hydrogens is 321 g/mol. The van der Waals surface area contributed by atoms with Crippen molar-refractivity contribution < 1.29 is 9.18 Å². The summed E-state index contributed by atoms with van der Waals surface area (Å²) in [7, 11) is 0. The van der Waals surface area contributed by atoms with E-state index in [2.05, 4.69) is 10.9 Å². The van der Waals surface area contributed by atoms with E-state index in [4.69, 9.17) is 0 Å². The molecule has 25 heavy (non-hydrogen) atoms. The van der Waals surface area contributed by atoms with Crippen LogP contribution in [-0.2, 0) is 6.54 Å². The monoisotopic (exact) mass is 337 g/mol. The first-order valence-corrected chi connectivity index (χ1v) is 7.69. The van der Waals surface area contributed by atoms with Gasteiger partial charge in [-0.3, -0.25) is 25.0 Å². The lowest BCUT2D eigenvalue weighted by Gasteiger charge is -2.14. The lowest BCUT2D eigenvalue weighted by Crippen LogP contribution is -2.35. The van der Waals surface area contributed by atoms with E-state index in [0.29, 0.717) is 12.2 Å². The standard InChI is InChI=1S/C19H16FN3O2/c20-15-9-11-16(12-10-15)21-22-19(25)17-7-4-8-18(24)23(17)13-14-5-2-1-3-6-14/h1-12,21H,13H2,(H,22,25). The Bertz CT molecular complexity index is 921. The fourth-order valence-electron chi connectivity index (χ4n) is 2.37. The van der Waals surface area contributed by atoms with Gasteiger partial charge >= 0.3 is 0 Å². The van der Waals surface area contributed by atoms with Gasteiger partial charge in [0.2, 0.25) is 0 Å². The molecule has 5 nitrogen and oxygen atoms in total. The Kier molecular flexibility index (Phi) is 4.89. The van der Waals surface area contributed by atoms with Crippen molar-refractivity contribution in [3.8, 4) is 0 Å². The molecule has 1 amide bonds. The average Bonchev–Trinajstić information content (AvgIpc) is 2.63. The minimum Gasteiger partial charge on any atom is -0.299 e. The molecule has 3 rings (SSSR count). The van der Waals surface area contributed by atoms with Gasteiger partial charge in [-0.1, -0.05) is 36.4 Å². The first-order valence-electron chi connectivity index (χ1n) is 7.69. The van der Waals surface area contributed by atoms with E-state index < -0.39 is 5.91 Å². The van der Waals surface area contributed by atoms with Crippen LogP contribution >= 0.6 is 0 Å². The summed E-state index contributed by atoms with van der Waals surface area (Å²) in [5.74, 6) is -0.824. The van der Waals surface area contributed by atoms with Gasteiger partial charge in [0.25, 0.3) is 11.5 Å². The third-order valence-corrected chi connectivity index (χ3v) is 3.63. The number of carbonyl (C=O) groups excluding carboxylic acids is 1. The number of aromatic nitrogens is 1. The molecule has 0 unspecified atom stereocenters. The maximum atomic E-state index is 12.9. The zero-order valence-corrected chi connectivity index (χ0v) is 13.3. The summed E-state index contributed by atoms with van der Waals surface area (Å²) in [6.45, 7) is 0.291. The molecule has 126 valence electrons. The van der Waals surface area contributed by atoms with Crippen molar-refractivity contribution in [1.82, 2.24) is 9.99 Å². The molecule has 1 heterocycles. The highest BCUT2D eigenvalue weighted by Gasteiger charge is 2.12. The van der Waals surface area contributed by atoms with Crippen molar-refractivity contribution in [1.29, 1.82) is 0 Å². The number of halogens is 1. The number of carbonyl (C=O) groups is 1. The van der Waals surface area contributed by atoms with Gasteiger partial charge in [-0.05, 0) is 35.9 Å². The summed E-state index contributed by atoms with van der Waals surface area (Å²) < 4.78 is 14.3. The topological polar surface area (TPSA) is 63.1 Å². The highest BCUT2D eigenvalue weighted by molar-refractivity contribution is 5.93. The first kappa shape index (κ1) is 16.4. The van der Waals surface area contributed by atoms with Crippen molar-refractivity contribution in [3.05, 3.63) is 100 Å². The Labute approximate surface area is 143 Å². The summed E-state index contributed by atoms with van der Waals surface area (Å²) in [6.07, 6.45) is 0. The number of amides is 1. The van der Waals surface area contributed by atoms with Crippen molar-refractivity contribution >= 4 is 11.6 Å². The second kappa shape index (κ2) is 7.44. The van der Waals surface area contributed by atoms with E-state index >= 15 is 0 Å². The van der Waals surface area contributed by atoms with Crippen molar-refractivity contribution in [2.75, 3.05) is 5.43 Å². The number of nitrogens with one attached hydrogen (secondary N) is 2. The fourth-order valence-corrected chi connectivity index (χ4v) is 2.37. The lowest BCUT2D eigenvalue weighted by molar-refractivity contribution is 0.0952. The van der Waals surface area contributed by atoms with E-state index in [-0.39, 0.29) is 17.1 Å². The SMILES string of the molecule is O=C(NNc1ccc(F)cc1)c1cccc(=O)n1Cc1ccccc1. The van der Waals surface area contributed by atoms with E-state index in [1.165, 1.54) is 41.0 Å². The number of anilines is 1. The Morgan fingerprint density at radius 3 is 2.36 bits per heavy atom. The predicted octanol–water partition coefficient (Wildman–Crippen LogP) is 2.79. The minimum absolute atomic E-state index is 0.228. The van der Waals surface area contributed by atoms with Crippen LogP contribution in [0.3, 0.4) is 0 Å². The molecule has 2 aromatic carbocycles. The molecule has 2 N–H and O–H groups in total. The van der Waals surface area contributed by atoms with Crippen molar-refractivity contribution in [2.24, 2.45) is 0 Å². The zero-order chi connectivity index (χ0) is 17.6. The fraction of sp³-hybridized carbons (Fsp3) is 0.0526. The molecule has 0 saturated heterocycles. The molecule has 0 spiro atoms. The maximum Gasteiger partial charge on any atom is 0.286 e. The number of nitrogens with zero attached hydrogens (tertiary/aromatic N) is 1. The third-order valence-electron chi connectivity index (χ3n) is 3.63. The second-order valence-corrected chi connectivity index (χ2v) is 5.41. The minimum atomic E-state index is -0.460. The number of hydrogen-bond acceptors (Lipinski definition) is 3. The molecule has 0 saturated carbocycles. The molecule has 0 atom stereocenters. The summed E-state index contributed by atoms with van der Waals surface area (Å²) in [4.78, 5) is 24.6. The molecule has 6 heteroatoms. The van der Waals surface area contributed by atoms with Crippen LogP contribution in [0.4, 0.5) is 10.1 Å². The molecule has 0 aliphatic rings. The van der Waals surface area contributed by atoms with Gasteiger partial charge in [0.05, 0.1) is 12.2 Å². The number of hydrogen-bond donors (Lipinski definition) is 2. The number of rotatable bonds is 5. The van der Waals surface area contributed by atoms with Gasteiger partial charge < -0.3 is 0 Å². The molecule has 0 aliphatic heterocycles. The quantitative estimate of drug-likeness (QED) is 0.704. The summed E-state index contributed by atoms with van der Waals surface area (Å²) in [5.41, 5.74) is 6.62. The molecule has 0 radical (unpaired) electrons. The van der Waals surface area contributed by atoms with Crippen LogP contribution in [0.2, 0.25) is 0 Å². The van der Waals surface area contributed by atoms with Gasteiger partial charge in [0.1, 0.15) is 11.5 Å². The number of hydrazine groups is 1.